The summed E-state index contributed by atoms with van der Waals surface area (Å²) in [5.74, 6) is 0. The average Bonchev–Trinajstić information content (AvgIpc) is 2.72. The number of benzene rings is 1. The van der Waals surface area contributed by atoms with Crippen molar-refractivity contribution >= 4 is 17.2 Å². The highest BCUT2D eigenvalue weighted by molar-refractivity contribution is 7.80. The number of hydrogen-bond donors (Lipinski definition) is 1. The first kappa shape index (κ1) is 11.9. The van der Waals surface area contributed by atoms with Gasteiger partial charge in [0, 0.05) is 12.7 Å². The standard InChI is InChI=1S/C14H16N2S/c1-10-5-3-6-11(2)12(10)9-16-8-4-7-13(16)14(15)17/h3-8H,9H2,1-2H3,(H2,15,17). The minimum absolute atomic E-state index is 0.446. The van der Waals surface area contributed by atoms with Crippen LogP contribution in [0, 0.1) is 13.8 Å². The predicted octanol–water partition coefficient (Wildman–Crippen LogP) is 2.79. The first-order chi connectivity index (χ1) is 8.09. The van der Waals surface area contributed by atoms with Gasteiger partial charge in [-0.3, -0.25) is 0 Å². The fourth-order valence-electron chi connectivity index (χ4n) is 2.04. The zero-order valence-corrected chi connectivity index (χ0v) is 10.9. The number of hydrogen-bond acceptors (Lipinski definition) is 1. The van der Waals surface area contributed by atoms with Crippen molar-refractivity contribution in [3.8, 4) is 0 Å². The first-order valence-electron chi connectivity index (χ1n) is 5.59. The summed E-state index contributed by atoms with van der Waals surface area (Å²) in [5, 5.41) is 0. The van der Waals surface area contributed by atoms with Crippen LogP contribution < -0.4 is 5.73 Å². The normalized spacial score (nSPS) is 10.5. The Morgan fingerprint density at radius 3 is 2.41 bits per heavy atom. The molecule has 2 nitrogen and oxygen atoms in total. The van der Waals surface area contributed by atoms with Crippen molar-refractivity contribution in [3.05, 3.63) is 58.9 Å². The van der Waals surface area contributed by atoms with Crippen LogP contribution in [0.3, 0.4) is 0 Å². The summed E-state index contributed by atoms with van der Waals surface area (Å²) in [6, 6.07) is 10.3. The number of rotatable bonds is 3. The van der Waals surface area contributed by atoms with Gasteiger partial charge in [-0.1, -0.05) is 30.4 Å². The zero-order chi connectivity index (χ0) is 12.4. The largest absolute Gasteiger partial charge is 0.388 e. The van der Waals surface area contributed by atoms with Crippen LogP contribution in [0.1, 0.15) is 22.4 Å². The first-order valence-corrected chi connectivity index (χ1v) is 6.00. The topological polar surface area (TPSA) is 30.9 Å². The minimum atomic E-state index is 0.446. The lowest BCUT2D eigenvalue weighted by Gasteiger charge is -2.13. The molecule has 0 saturated heterocycles. The molecule has 0 fully saturated rings. The van der Waals surface area contributed by atoms with Crippen LogP contribution in [-0.2, 0) is 6.54 Å². The summed E-state index contributed by atoms with van der Waals surface area (Å²) in [4.78, 5) is 0.446. The van der Waals surface area contributed by atoms with E-state index in [9.17, 15) is 0 Å². The molecule has 2 rings (SSSR count). The predicted molar refractivity (Wildman–Crippen MR) is 75.3 cm³/mol. The molecule has 0 spiro atoms. The van der Waals surface area contributed by atoms with Crippen LogP contribution in [0.2, 0.25) is 0 Å². The van der Waals surface area contributed by atoms with Crippen molar-refractivity contribution in [1.82, 2.24) is 4.57 Å². The van der Waals surface area contributed by atoms with E-state index in [1.54, 1.807) is 0 Å². The molecular formula is C14H16N2S. The van der Waals surface area contributed by atoms with Gasteiger partial charge in [0.1, 0.15) is 4.99 Å². The van der Waals surface area contributed by atoms with Crippen molar-refractivity contribution in [2.45, 2.75) is 20.4 Å². The maximum Gasteiger partial charge on any atom is 0.120 e. The number of aryl methyl sites for hydroxylation is 2. The summed E-state index contributed by atoms with van der Waals surface area (Å²) in [6.45, 7) is 5.08. The summed E-state index contributed by atoms with van der Waals surface area (Å²) >= 11 is 5.04. The van der Waals surface area contributed by atoms with E-state index in [0.717, 1.165) is 12.2 Å². The Bertz CT molecular complexity index is 535. The molecule has 0 aliphatic heterocycles. The lowest BCUT2D eigenvalue weighted by Crippen LogP contribution is -2.16. The fraction of sp³-hybridized carbons (Fsp3) is 0.214. The van der Waals surface area contributed by atoms with Crippen LogP contribution in [0.4, 0.5) is 0 Å². The molecule has 0 aliphatic carbocycles. The second kappa shape index (κ2) is 4.72. The molecule has 1 aromatic carbocycles. The van der Waals surface area contributed by atoms with Gasteiger partial charge in [0.25, 0.3) is 0 Å². The van der Waals surface area contributed by atoms with Gasteiger partial charge >= 0.3 is 0 Å². The van der Waals surface area contributed by atoms with Gasteiger partial charge < -0.3 is 10.3 Å². The molecule has 2 aromatic rings. The Kier molecular flexibility index (Phi) is 3.29. The molecule has 3 heteroatoms. The Morgan fingerprint density at radius 1 is 1.18 bits per heavy atom. The van der Waals surface area contributed by atoms with Gasteiger partial charge in [-0.15, -0.1) is 0 Å². The van der Waals surface area contributed by atoms with Gasteiger partial charge in [0.15, 0.2) is 0 Å². The Balaban J connectivity index is 2.38. The molecule has 2 N–H and O–H groups in total. The summed E-state index contributed by atoms with van der Waals surface area (Å²) in [7, 11) is 0. The van der Waals surface area contributed by atoms with Gasteiger partial charge in [-0.05, 0) is 42.7 Å². The smallest absolute Gasteiger partial charge is 0.120 e. The average molecular weight is 244 g/mol. The van der Waals surface area contributed by atoms with Gasteiger partial charge in [0.2, 0.25) is 0 Å². The lowest BCUT2D eigenvalue weighted by atomic mass is 10.0. The van der Waals surface area contributed by atoms with E-state index in [2.05, 4.69) is 36.6 Å². The van der Waals surface area contributed by atoms with Crippen molar-refractivity contribution < 1.29 is 0 Å². The maximum absolute atomic E-state index is 5.70. The zero-order valence-electron chi connectivity index (χ0n) is 10.1. The van der Waals surface area contributed by atoms with Crippen LogP contribution in [0.15, 0.2) is 36.5 Å². The molecule has 0 amide bonds. The lowest BCUT2D eigenvalue weighted by molar-refractivity contribution is 0.788. The molecule has 1 aromatic heterocycles. The molecule has 0 atom stereocenters. The van der Waals surface area contributed by atoms with E-state index in [1.165, 1.54) is 16.7 Å². The summed E-state index contributed by atoms with van der Waals surface area (Å²) in [6.07, 6.45) is 2.01. The van der Waals surface area contributed by atoms with E-state index in [0.29, 0.717) is 4.99 Å². The highest BCUT2D eigenvalue weighted by Gasteiger charge is 2.07. The molecule has 0 unspecified atom stereocenters. The van der Waals surface area contributed by atoms with E-state index in [1.807, 2.05) is 18.3 Å². The van der Waals surface area contributed by atoms with E-state index < -0.39 is 0 Å². The van der Waals surface area contributed by atoms with Gasteiger partial charge in [-0.25, -0.2) is 0 Å². The Hall–Kier alpha value is -1.61. The monoisotopic (exact) mass is 244 g/mol. The Morgan fingerprint density at radius 2 is 1.82 bits per heavy atom. The summed E-state index contributed by atoms with van der Waals surface area (Å²) < 4.78 is 2.09. The quantitative estimate of drug-likeness (QED) is 0.842. The minimum Gasteiger partial charge on any atom is -0.388 e. The van der Waals surface area contributed by atoms with Gasteiger partial charge in [0.05, 0.1) is 5.69 Å². The highest BCUT2D eigenvalue weighted by atomic mass is 32.1. The number of aromatic nitrogens is 1. The molecule has 88 valence electrons. The highest BCUT2D eigenvalue weighted by Crippen LogP contribution is 2.16. The molecule has 17 heavy (non-hydrogen) atoms. The molecule has 0 radical (unpaired) electrons. The van der Waals surface area contributed by atoms with E-state index in [-0.39, 0.29) is 0 Å². The van der Waals surface area contributed by atoms with Crippen LogP contribution in [-0.4, -0.2) is 9.56 Å². The van der Waals surface area contributed by atoms with Crippen molar-refractivity contribution in [2.24, 2.45) is 5.73 Å². The fourth-order valence-corrected chi connectivity index (χ4v) is 2.23. The molecule has 0 bridgehead atoms. The van der Waals surface area contributed by atoms with E-state index >= 15 is 0 Å². The molecule has 0 saturated carbocycles. The molecular weight excluding hydrogens is 228 g/mol. The van der Waals surface area contributed by atoms with Crippen LogP contribution in [0.25, 0.3) is 0 Å². The number of nitrogens with two attached hydrogens (primary N) is 1. The van der Waals surface area contributed by atoms with Crippen LogP contribution in [0.5, 0.6) is 0 Å². The third kappa shape index (κ3) is 2.39. The van der Waals surface area contributed by atoms with Gasteiger partial charge in [-0.2, -0.15) is 0 Å². The van der Waals surface area contributed by atoms with Crippen molar-refractivity contribution in [3.63, 3.8) is 0 Å². The Labute approximate surface area is 107 Å². The number of nitrogens with zero attached hydrogens (tertiary/aromatic N) is 1. The molecule has 0 aliphatic rings. The summed E-state index contributed by atoms with van der Waals surface area (Å²) in [5.41, 5.74) is 10.6. The van der Waals surface area contributed by atoms with Crippen molar-refractivity contribution in [1.29, 1.82) is 0 Å². The molecule has 1 heterocycles. The van der Waals surface area contributed by atoms with Crippen molar-refractivity contribution in [2.75, 3.05) is 0 Å². The second-order valence-corrected chi connectivity index (χ2v) is 4.70. The number of thiocarbonyl (C=S) groups is 1. The van der Waals surface area contributed by atoms with Crippen LogP contribution >= 0.6 is 12.2 Å². The van der Waals surface area contributed by atoms with E-state index in [4.69, 9.17) is 18.0 Å². The SMILES string of the molecule is Cc1cccc(C)c1Cn1cccc1C(N)=S. The third-order valence-electron chi connectivity index (χ3n) is 3.05. The maximum atomic E-state index is 5.70. The third-order valence-corrected chi connectivity index (χ3v) is 3.26. The second-order valence-electron chi connectivity index (χ2n) is 4.26.